The van der Waals surface area contributed by atoms with Gasteiger partial charge in [-0.1, -0.05) is 22.0 Å². The number of aliphatic hydroxyl groups excluding tert-OH is 1. The lowest BCUT2D eigenvalue weighted by atomic mass is 10.3. The van der Waals surface area contributed by atoms with Crippen LogP contribution in [0.1, 0.15) is 0 Å². The van der Waals surface area contributed by atoms with Crippen molar-refractivity contribution in [3.8, 4) is 0 Å². The number of nitrogens with zero attached hydrogens (tertiary/aromatic N) is 1. The fourth-order valence-electron chi connectivity index (χ4n) is 1.81. The van der Waals surface area contributed by atoms with E-state index >= 15 is 0 Å². The Balaban J connectivity index is 1.98. The Bertz CT molecular complexity index is 787. The first kappa shape index (κ1) is 16.9. The first-order valence-corrected chi connectivity index (χ1v) is 8.75. The third-order valence-corrected chi connectivity index (χ3v) is 4.91. The molecule has 0 fully saturated rings. The zero-order chi connectivity index (χ0) is 16.2. The van der Waals surface area contributed by atoms with Crippen molar-refractivity contribution in [3.05, 3.63) is 63.5 Å². The summed E-state index contributed by atoms with van der Waals surface area (Å²) in [6.45, 7) is -0.164. The number of benzene rings is 1. The first-order valence-electron chi connectivity index (χ1n) is 6.47. The zero-order valence-electron chi connectivity index (χ0n) is 11.5. The summed E-state index contributed by atoms with van der Waals surface area (Å²) in [4.78, 5) is 11.6. The topological polar surface area (TPSA) is 88.4 Å². The van der Waals surface area contributed by atoms with E-state index in [1.807, 2.05) is 0 Å². The Morgan fingerprint density at radius 2 is 1.86 bits per heavy atom. The number of pyridine rings is 1. The van der Waals surface area contributed by atoms with E-state index < -0.39 is 16.1 Å². The molecule has 2 N–H and O–H groups in total. The predicted molar refractivity (Wildman–Crippen MR) is 86.0 cm³/mol. The van der Waals surface area contributed by atoms with Gasteiger partial charge in [0.1, 0.15) is 0 Å². The van der Waals surface area contributed by atoms with Crippen LogP contribution in [0.2, 0.25) is 0 Å². The minimum Gasteiger partial charge on any atom is -0.390 e. The second kappa shape index (κ2) is 7.19. The SMILES string of the molecule is O=c1ccccn1CC(O)CNS(=O)(=O)c1ccc(Br)cc1. The van der Waals surface area contributed by atoms with Crippen molar-refractivity contribution < 1.29 is 13.5 Å². The van der Waals surface area contributed by atoms with E-state index in [-0.39, 0.29) is 23.5 Å². The normalized spacial score (nSPS) is 13.0. The fourth-order valence-corrected chi connectivity index (χ4v) is 3.14. The summed E-state index contributed by atoms with van der Waals surface area (Å²) in [5, 5.41) is 9.89. The number of hydrogen-bond donors (Lipinski definition) is 2. The Hall–Kier alpha value is -1.48. The standard InChI is InChI=1S/C14H15BrN2O4S/c15-11-4-6-13(7-5-11)22(20,21)16-9-12(18)10-17-8-2-1-3-14(17)19/h1-8,12,16,18H,9-10H2. The molecule has 1 aromatic heterocycles. The molecule has 22 heavy (non-hydrogen) atoms. The van der Waals surface area contributed by atoms with Gasteiger partial charge in [-0.25, -0.2) is 13.1 Å². The largest absolute Gasteiger partial charge is 0.390 e. The Kier molecular flexibility index (Phi) is 5.52. The smallest absolute Gasteiger partial charge is 0.250 e. The van der Waals surface area contributed by atoms with E-state index in [2.05, 4.69) is 20.7 Å². The lowest BCUT2D eigenvalue weighted by Crippen LogP contribution is -2.36. The second-order valence-electron chi connectivity index (χ2n) is 4.65. The molecule has 1 atom stereocenters. The van der Waals surface area contributed by atoms with E-state index in [0.29, 0.717) is 0 Å². The molecule has 1 aromatic carbocycles. The van der Waals surface area contributed by atoms with Crippen molar-refractivity contribution in [2.75, 3.05) is 6.54 Å². The van der Waals surface area contributed by atoms with E-state index in [0.717, 1.165) is 4.47 Å². The number of halogens is 1. The van der Waals surface area contributed by atoms with Crippen LogP contribution in [0, 0.1) is 0 Å². The van der Waals surface area contributed by atoms with Crippen molar-refractivity contribution in [1.29, 1.82) is 0 Å². The molecule has 2 aromatic rings. The van der Waals surface area contributed by atoms with Crippen LogP contribution in [0.5, 0.6) is 0 Å². The number of aromatic nitrogens is 1. The molecule has 2 rings (SSSR count). The molecule has 0 radical (unpaired) electrons. The van der Waals surface area contributed by atoms with Crippen LogP contribution in [-0.2, 0) is 16.6 Å². The number of sulfonamides is 1. The summed E-state index contributed by atoms with van der Waals surface area (Å²) in [7, 11) is -3.69. The quantitative estimate of drug-likeness (QED) is 0.773. The number of rotatable bonds is 6. The maximum absolute atomic E-state index is 12.1. The van der Waals surface area contributed by atoms with Crippen LogP contribution in [0.25, 0.3) is 0 Å². The van der Waals surface area contributed by atoms with Gasteiger partial charge in [-0.05, 0) is 30.3 Å². The number of aliphatic hydroxyl groups is 1. The molecule has 0 spiro atoms. The summed E-state index contributed by atoms with van der Waals surface area (Å²) in [6.07, 6.45) is 0.528. The summed E-state index contributed by atoms with van der Waals surface area (Å²) in [5.41, 5.74) is -0.252. The molecule has 1 heterocycles. The summed E-state index contributed by atoms with van der Waals surface area (Å²) >= 11 is 3.23. The van der Waals surface area contributed by atoms with Gasteiger partial charge < -0.3 is 9.67 Å². The van der Waals surface area contributed by atoms with Crippen molar-refractivity contribution in [2.24, 2.45) is 0 Å². The van der Waals surface area contributed by atoms with Crippen LogP contribution < -0.4 is 10.3 Å². The minimum atomic E-state index is -3.69. The third kappa shape index (κ3) is 4.51. The minimum absolute atomic E-state index is 0.0164. The summed E-state index contributed by atoms with van der Waals surface area (Å²) < 4.78 is 28.5. The van der Waals surface area contributed by atoms with Gasteiger partial charge >= 0.3 is 0 Å². The molecule has 0 saturated heterocycles. The molecular weight excluding hydrogens is 372 g/mol. The van der Waals surface area contributed by atoms with Gasteiger partial charge in [0, 0.05) is 23.3 Å². The van der Waals surface area contributed by atoms with Gasteiger partial charge in [0.25, 0.3) is 5.56 Å². The van der Waals surface area contributed by atoms with Crippen LogP contribution >= 0.6 is 15.9 Å². The van der Waals surface area contributed by atoms with E-state index in [1.165, 1.54) is 29.0 Å². The van der Waals surface area contributed by atoms with Gasteiger partial charge in [0.15, 0.2) is 0 Å². The maximum Gasteiger partial charge on any atom is 0.250 e. The molecule has 0 aliphatic heterocycles. The van der Waals surface area contributed by atoms with Crippen LogP contribution in [0.3, 0.4) is 0 Å². The Morgan fingerprint density at radius 3 is 2.50 bits per heavy atom. The monoisotopic (exact) mass is 386 g/mol. The van der Waals surface area contributed by atoms with Crippen LogP contribution in [-0.4, -0.2) is 30.7 Å². The lowest BCUT2D eigenvalue weighted by molar-refractivity contribution is 0.156. The van der Waals surface area contributed by atoms with E-state index in [4.69, 9.17) is 0 Å². The van der Waals surface area contributed by atoms with Crippen molar-refractivity contribution in [2.45, 2.75) is 17.5 Å². The predicted octanol–water partition coefficient (Wildman–Crippen LogP) is 0.950. The molecule has 0 bridgehead atoms. The molecule has 118 valence electrons. The fraction of sp³-hybridized carbons (Fsp3) is 0.214. The zero-order valence-corrected chi connectivity index (χ0v) is 13.9. The van der Waals surface area contributed by atoms with Gasteiger partial charge in [-0.2, -0.15) is 0 Å². The highest BCUT2D eigenvalue weighted by molar-refractivity contribution is 9.10. The molecule has 1 unspecified atom stereocenters. The Labute approximate surface area is 136 Å². The van der Waals surface area contributed by atoms with Crippen LogP contribution in [0.4, 0.5) is 0 Å². The molecule has 0 saturated carbocycles. The lowest BCUT2D eigenvalue weighted by Gasteiger charge is -2.13. The first-order chi connectivity index (χ1) is 10.4. The van der Waals surface area contributed by atoms with E-state index in [1.54, 1.807) is 24.3 Å². The highest BCUT2D eigenvalue weighted by atomic mass is 79.9. The highest BCUT2D eigenvalue weighted by Crippen LogP contribution is 2.14. The van der Waals surface area contributed by atoms with Crippen LogP contribution in [0.15, 0.2) is 62.8 Å². The molecule has 8 heteroatoms. The van der Waals surface area contributed by atoms with Crippen molar-refractivity contribution in [1.82, 2.24) is 9.29 Å². The van der Waals surface area contributed by atoms with Gasteiger partial charge in [0.2, 0.25) is 10.0 Å². The number of nitrogens with one attached hydrogen (secondary N) is 1. The molecule has 0 aliphatic rings. The van der Waals surface area contributed by atoms with Crippen molar-refractivity contribution >= 4 is 26.0 Å². The maximum atomic E-state index is 12.1. The average molecular weight is 387 g/mol. The van der Waals surface area contributed by atoms with E-state index in [9.17, 15) is 18.3 Å². The summed E-state index contributed by atoms with van der Waals surface area (Å²) in [5.74, 6) is 0. The third-order valence-electron chi connectivity index (χ3n) is 2.94. The van der Waals surface area contributed by atoms with Gasteiger partial charge in [-0.3, -0.25) is 4.79 Å². The Morgan fingerprint density at radius 1 is 1.18 bits per heavy atom. The number of hydrogen-bond acceptors (Lipinski definition) is 4. The molecule has 6 nitrogen and oxygen atoms in total. The molecule has 0 amide bonds. The molecular formula is C14H15BrN2O4S. The van der Waals surface area contributed by atoms with Crippen molar-refractivity contribution in [3.63, 3.8) is 0 Å². The van der Waals surface area contributed by atoms with Gasteiger partial charge in [0.05, 0.1) is 17.5 Å². The average Bonchev–Trinajstić information content (AvgIpc) is 2.48. The second-order valence-corrected chi connectivity index (χ2v) is 7.33. The summed E-state index contributed by atoms with van der Waals surface area (Å²) in [6, 6.07) is 10.8. The highest BCUT2D eigenvalue weighted by Gasteiger charge is 2.16. The van der Waals surface area contributed by atoms with Gasteiger partial charge in [-0.15, -0.1) is 0 Å². The molecule has 0 aliphatic carbocycles.